The van der Waals surface area contributed by atoms with Gasteiger partial charge in [0.25, 0.3) is 5.69 Å². The number of nitro benzene ring substituents is 1. The minimum atomic E-state index is -3.97. The molecule has 118 valence electrons. The maximum Gasteiger partial charge on any atom is 0.291 e. The molecule has 0 amide bonds. The molecule has 0 heterocycles. The molecule has 0 aliphatic heterocycles. The van der Waals surface area contributed by atoms with Crippen LogP contribution >= 0.6 is 0 Å². The number of hydrogen-bond donors (Lipinski definition) is 2. The van der Waals surface area contributed by atoms with E-state index < -0.39 is 20.6 Å². The summed E-state index contributed by atoms with van der Waals surface area (Å²) in [6.45, 7) is 8.02. The van der Waals surface area contributed by atoms with Gasteiger partial charge in [-0.3, -0.25) is 10.1 Å². The zero-order valence-corrected chi connectivity index (χ0v) is 13.4. The molecular weight excluding hydrogens is 294 g/mol. The van der Waals surface area contributed by atoms with Gasteiger partial charge in [-0.2, -0.15) is 0 Å². The van der Waals surface area contributed by atoms with Gasteiger partial charge in [-0.15, -0.1) is 0 Å². The van der Waals surface area contributed by atoms with Crippen molar-refractivity contribution in [2.24, 2.45) is 11.3 Å². The van der Waals surface area contributed by atoms with Gasteiger partial charge in [0, 0.05) is 18.3 Å². The molecule has 1 rings (SSSR count). The third-order valence-electron chi connectivity index (χ3n) is 3.75. The molecule has 0 radical (unpaired) electrons. The summed E-state index contributed by atoms with van der Waals surface area (Å²) >= 11 is 0. The smallest absolute Gasteiger partial charge is 0.291 e. The van der Waals surface area contributed by atoms with Crippen molar-refractivity contribution >= 4 is 21.4 Å². The Kier molecular flexibility index (Phi) is 4.95. The van der Waals surface area contributed by atoms with E-state index in [2.05, 4.69) is 4.72 Å². The van der Waals surface area contributed by atoms with Crippen molar-refractivity contribution in [1.82, 2.24) is 4.72 Å². The number of nitrogens with one attached hydrogen (secondary N) is 1. The maximum absolute atomic E-state index is 12.3. The van der Waals surface area contributed by atoms with Crippen LogP contribution < -0.4 is 10.5 Å². The van der Waals surface area contributed by atoms with Crippen LogP contribution in [-0.4, -0.2) is 19.9 Å². The molecule has 0 saturated carbocycles. The third-order valence-corrected chi connectivity index (χ3v) is 5.20. The predicted molar refractivity (Wildman–Crippen MR) is 81.3 cm³/mol. The summed E-state index contributed by atoms with van der Waals surface area (Å²) in [5, 5.41) is 11.0. The molecular formula is C13H21N3O4S. The van der Waals surface area contributed by atoms with Gasteiger partial charge in [-0.25, -0.2) is 13.1 Å². The van der Waals surface area contributed by atoms with Gasteiger partial charge >= 0.3 is 0 Å². The van der Waals surface area contributed by atoms with Crippen LogP contribution in [0.5, 0.6) is 0 Å². The number of benzene rings is 1. The van der Waals surface area contributed by atoms with Gasteiger partial charge < -0.3 is 5.73 Å². The number of nitro groups is 1. The Morgan fingerprint density at radius 3 is 2.43 bits per heavy atom. The van der Waals surface area contributed by atoms with E-state index in [0.717, 1.165) is 12.1 Å². The minimum Gasteiger partial charge on any atom is -0.399 e. The van der Waals surface area contributed by atoms with Crippen LogP contribution in [0.4, 0.5) is 11.4 Å². The first-order valence-corrected chi connectivity index (χ1v) is 7.99. The van der Waals surface area contributed by atoms with Gasteiger partial charge in [-0.1, -0.05) is 27.7 Å². The molecule has 0 aliphatic rings. The van der Waals surface area contributed by atoms with Crippen molar-refractivity contribution in [3.8, 4) is 0 Å². The summed E-state index contributed by atoms with van der Waals surface area (Å²) in [7, 11) is -3.97. The Morgan fingerprint density at radius 1 is 1.38 bits per heavy atom. The molecule has 0 unspecified atom stereocenters. The number of nitrogen functional groups attached to an aromatic ring is 1. The average molecular weight is 315 g/mol. The molecule has 0 spiro atoms. The quantitative estimate of drug-likeness (QED) is 0.474. The van der Waals surface area contributed by atoms with Crippen LogP contribution in [0, 0.1) is 21.4 Å². The highest BCUT2D eigenvalue weighted by Gasteiger charge is 2.29. The van der Waals surface area contributed by atoms with E-state index >= 15 is 0 Å². The number of hydrogen-bond acceptors (Lipinski definition) is 5. The van der Waals surface area contributed by atoms with Crippen molar-refractivity contribution < 1.29 is 13.3 Å². The normalized spacial score (nSPS) is 12.6. The first-order valence-electron chi connectivity index (χ1n) is 6.51. The van der Waals surface area contributed by atoms with Gasteiger partial charge in [0.15, 0.2) is 4.90 Å². The molecule has 7 nitrogen and oxygen atoms in total. The lowest BCUT2D eigenvalue weighted by Crippen LogP contribution is -2.37. The Morgan fingerprint density at radius 2 is 1.95 bits per heavy atom. The van der Waals surface area contributed by atoms with Crippen molar-refractivity contribution in [3.05, 3.63) is 28.3 Å². The standard InChI is InChI=1S/C13H21N3O4S/c1-9(2)13(3,4)8-15-21(19,20)12-6-5-10(14)7-11(12)16(17)18/h5-7,9,15H,8,14H2,1-4H3. The lowest BCUT2D eigenvalue weighted by Gasteiger charge is -2.29. The molecule has 0 bridgehead atoms. The van der Waals surface area contributed by atoms with Gasteiger partial charge in [0.05, 0.1) is 4.92 Å². The highest BCUT2D eigenvalue weighted by molar-refractivity contribution is 7.89. The average Bonchev–Trinajstić information content (AvgIpc) is 2.36. The first kappa shape index (κ1) is 17.4. The highest BCUT2D eigenvalue weighted by atomic mass is 32.2. The second-order valence-corrected chi connectivity index (χ2v) is 7.69. The van der Waals surface area contributed by atoms with Crippen LogP contribution in [0.1, 0.15) is 27.7 Å². The van der Waals surface area contributed by atoms with E-state index in [4.69, 9.17) is 5.73 Å². The fraction of sp³-hybridized carbons (Fsp3) is 0.538. The minimum absolute atomic E-state index is 0.142. The zero-order valence-electron chi connectivity index (χ0n) is 12.6. The van der Waals surface area contributed by atoms with Crippen LogP contribution in [0.3, 0.4) is 0 Å². The molecule has 0 aromatic heterocycles. The maximum atomic E-state index is 12.3. The van der Waals surface area contributed by atoms with E-state index in [-0.39, 0.29) is 28.5 Å². The van der Waals surface area contributed by atoms with E-state index in [1.165, 1.54) is 6.07 Å². The number of nitrogens with zero attached hydrogens (tertiary/aromatic N) is 1. The molecule has 8 heteroatoms. The monoisotopic (exact) mass is 315 g/mol. The van der Waals surface area contributed by atoms with Gasteiger partial charge in [0.2, 0.25) is 10.0 Å². The van der Waals surface area contributed by atoms with Crippen LogP contribution in [-0.2, 0) is 10.0 Å². The summed E-state index contributed by atoms with van der Waals surface area (Å²) in [6, 6.07) is 3.52. The SMILES string of the molecule is CC(C)C(C)(C)CNS(=O)(=O)c1ccc(N)cc1[N+](=O)[O-]. The molecule has 3 N–H and O–H groups in total. The highest BCUT2D eigenvalue weighted by Crippen LogP contribution is 2.28. The molecule has 0 fully saturated rings. The Labute approximate surface area is 124 Å². The fourth-order valence-corrected chi connectivity index (χ4v) is 2.84. The van der Waals surface area contributed by atoms with Crippen molar-refractivity contribution in [1.29, 1.82) is 0 Å². The second-order valence-electron chi connectivity index (χ2n) is 5.95. The lowest BCUT2D eigenvalue weighted by atomic mass is 9.81. The largest absolute Gasteiger partial charge is 0.399 e. The van der Waals surface area contributed by atoms with Gasteiger partial charge in [0.1, 0.15) is 0 Å². The van der Waals surface area contributed by atoms with E-state index in [9.17, 15) is 18.5 Å². The number of rotatable bonds is 6. The number of anilines is 1. The van der Waals surface area contributed by atoms with Crippen molar-refractivity contribution in [2.75, 3.05) is 12.3 Å². The number of nitrogens with two attached hydrogens (primary N) is 1. The first-order chi connectivity index (χ1) is 9.47. The molecule has 1 aromatic rings. The Bertz CT molecular complexity index is 639. The lowest BCUT2D eigenvalue weighted by molar-refractivity contribution is -0.387. The van der Waals surface area contributed by atoms with E-state index in [1.807, 2.05) is 27.7 Å². The number of sulfonamides is 1. The topological polar surface area (TPSA) is 115 Å². The molecule has 1 aromatic carbocycles. The Hall–Kier alpha value is -1.67. The molecule has 21 heavy (non-hydrogen) atoms. The van der Waals surface area contributed by atoms with Crippen LogP contribution in [0.15, 0.2) is 23.1 Å². The Balaban J connectivity index is 3.12. The van der Waals surface area contributed by atoms with Gasteiger partial charge in [-0.05, 0) is 23.5 Å². The van der Waals surface area contributed by atoms with E-state index in [1.54, 1.807) is 0 Å². The summed E-state index contributed by atoms with van der Waals surface area (Å²) in [5.74, 6) is 0.251. The van der Waals surface area contributed by atoms with Crippen molar-refractivity contribution in [3.63, 3.8) is 0 Å². The molecule has 0 aliphatic carbocycles. The second kappa shape index (κ2) is 5.98. The predicted octanol–water partition coefficient (Wildman–Crippen LogP) is 2.14. The molecule has 0 atom stereocenters. The summed E-state index contributed by atoms with van der Waals surface area (Å²) < 4.78 is 27.0. The summed E-state index contributed by atoms with van der Waals surface area (Å²) in [6.07, 6.45) is 0. The van der Waals surface area contributed by atoms with E-state index in [0.29, 0.717) is 0 Å². The molecule has 0 saturated heterocycles. The van der Waals surface area contributed by atoms with Crippen LogP contribution in [0.2, 0.25) is 0 Å². The summed E-state index contributed by atoms with van der Waals surface area (Å²) in [5.41, 5.74) is 4.82. The summed E-state index contributed by atoms with van der Waals surface area (Å²) in [4.78, 5) is 9.86. The van der Waals surface area contributed by atoms with Crippen LogP contribution in [0.25, 0.3) is 0 Å². The zero-order chi connectivity index (χ0) is 16.4. The van der Waals surface area contributed by atoms with Crippen molar-refractivity contribution in [2.45, 2.75) is 32.6 Å². The third kappa shape index (κ3) is 4.15. The fourth-order valence-electron chi connectivity index (χ4n) is 1.47.